The van der Waals surface area contributed by atoms with Gasteiger partial charge in [-0.05, 0) is 18.8 Å². The van der Waals surface area contributed by atoms with Crippen molar-refractivity contribution in [2.45, 2.75) is 45.1 Å². The molecule has 3 heteroatoms. The van der Waals surface area contributed by atoms with Crippen LogP contribution in [0.2, 0.25) is 0 Å². The first-order valence-electron chi connectivity index (χ1n) is 4.96. The van der Waals surface area contributed by atoms with Gasteiger partial charge in [-0.15, -0.1) is 0 Å². The molecule has 0 aromatic carbocycles. The molecule has 13 heavy (non-hydrogen) atoms. The van der Waals surface area contributed by atoms with Crippen molar-refractivity contribution in [3.05, 3.63) is 0 Å². The Morgan fingerprint density at radius 3 is 2.46 bits per heavy atom. The number of hydrogen-bond acceptors (Lipinski definition) is 2. The Balaban J connectivity index is 2.43. The molecule has 3 nitrogen and oxygen atoms in total. The summed E-state index contributed by atoms with van der Waals surface area (Å²) < 4.78 is 0. The van der Waals surface area contributed by atoms with Crippen LogP contribution >= 0.6 is 0 Å². The van der Waals surface area contributed by atoms with Gasteiger partial charge in [0.25, 0.3) is 0 Å². The molecule has 1 unspecified atom stereocenters. The summed E-state index contributed by atoms with van der Waals surface area (Å²) in [7, 11) is 0. The van der Waals surface area contributed by atoms with Gasteiger partial charge < -0.3 is 10.1 Å². The molecule has 74 valence electrons. The molecular weight excluding hydrogens is 166 g/mol. The zero-order chi connectivity index (χ0) is 9.68. The number of carbonyl (C=O) groups excluding carboxylic acids is 2. The van der Waals surface area contributed by atoms with E-state index < -0.39 is 0 Å². The van der Waals surface area contributed by atoms with E-state index in [1.165, 1.54) is 26.2 Å². The lowest BCUT2D eigenvalue weighted by Crippen LogP contribution is -2.41. The summed E-state index contributed by atoms with van der Waals surface area (Å²) >= 11 is 0. The quantitative estimate of drug-likeness (QED) is 0.670. The largest absolute Gasteiger partial charge is 0.347 e. The molecular formula is C10H17NO2. The van der Waals surface area contributed by atoms with E-state index in [1.807, 2.05) is 0 Å². The fourth-order valence-electron chi connectivity index (χ4n) is 1.99. The molecule has 0 heterocycles. The standard InChI is InChI=1S/C10H17NO2/c1-8(13)11-10(7-12)9-5-3-2-4-6-9/h7,9-10H,2-6H2,1H3,(H,11,13). The van der Waals surface area contributed by atoms with Gasteiger partial charge in [-0.25, -0.2) is 0 Å². The van der Waals surface area contributed by atoms with Gasteiger partial charge in [-0.3, -0.25) is 4.79 Å². The van der Waals surface area contributed by atoms with Crippen molar-refractivity contribution in [2.24, 2.45) is 5.92 Å². The molecule has 1 fully saturated rings. The molecule has 0 spiro atoms. The SMILES string of the molecule is CC(=O)NC(C=O)C1CCCCC1. The monoisotopic (exact) mass is 183 g/mol. The zero-order valence-corrected chi connectivity index (χ0v) is 8.08. The summed E-state index contributed by atoms with van der Waals surface area (Å²) in [6.07, 6.45) is 6.66. The highest BCUT2D eigenvalue weighted by molar-refractivity contribution is 5.77. The second-order valence-electron chi connectivity index (χ2n) is 3.76. The topological polar surface area (TPSA) is 46.2 Å². The van der Waals surface area contributed by atoms with Crippen molar-refractivity contribution >= 4 is 12.2 Å². The van der Waals surface area contributed by atoms with Crippen LogP contribution in [0, 0.1) is 5.92 Å². The third-order valence-corrected chi connectivity index (χ3v) is 2.67. The molecule has 0 saturated heterocycles. The maximum atomic E-state index is 10.8. The number of hydrogen-bond donors (Lipinski definition) is 1. The van der Waals surface area contributed by atoms with Crippen molar-refractivity contribution in [1.29, 1.82) is 0 Å². The molecule has 0 aromatic rings. The Morgan fingerprint density at radius 1 is 1.38 bits per heavy atom. The second-order valence-corrected chi connectivity index (χ2v) is 3.76. The summed E-state index contributed by atoms with van der Waals surface area (Å²) in [5.41, 5.74) is 0. The zero-order valence-electron chi connectivity index (χ0n) is 8.08. The Kier molecular flexibility index (Phi) is 3.93. The van der Waals surface area contributed by atoms with Crippen LogP contribution in [0.5, 0.6) is 0 Å². The van der Waals surface area contributed by atoms with Crippen molar-refractivity contribution in [3.8, 4) is 0 Å². The molecule has 0 aliphatic heterocycles. The number of carbonyl (C=O) groups is 2. The van der Waals surface area contributed by atoms with Crippen LogP contribution in [0.25, 0.3) is 0 Å². The van der Waals surface area contributed by atoms with Crippen LogP contribution < -0.4 is 5.32 Å². The van der Waals surface area contributed by atoms with Crippen molar-refractivity contribution in [2.75, 3.05) is 0 Å². The Bertz CT molecular complexity index is 185. The fourth-order valence-corrected chi connectivity index (χ4v) is 1.99. The molecule has 0 radical (unpaired) electrons. The van der Waals surface area contributed by atoms with Crippen LogP contribution in [-0.2, 0) is 9.59 Å². The molecule has 1 N–H and O–H groups in total. The molecule has 1 aliphatic rings. The second kappa shape index (κ2) is 5.00. The van der Waals surface area contributed by atoms with Crippen molar-refractivity contribution in [1.82, 2.24) is 5.32 Å². The molecule has 1 rings (SSSR count). The van der Waals surface area contributed by atoms with E-state index >= 15 is 0 Å². The van der Waals surface area contributed by atoms with E-state index in [2.05, 4.69) is 5.32 Å². The molecule has 1 amide bonds. The van der Waals surface area contributed by atoms with Gasteiger partial charge in [-0.2, -0.15) is 0 Å². The van der Waals surface area contributed by atoms with E-state index in [1.54, 1.807) is 0 Å². The van der Waals surface area contributed by atoms with Gasteiger partial charge in [0.1, 0.15) is 6.29 Å². The van der Waals surface area contributed by atoms with Gasteiger partial charge in [-0.1, -0.05) is 19.3 Å². The third-order valence-electron chi connectivity index (χ3n) is 2.67. The molecule has 0 aromatic heterocycles. The average molecular weight is 183 g/mol. The molecule has 1 atom stereocenters. The molecule has 1 aliphatic carbocycles. The van der Waals surface area contributed by atoms with Crippen LogP contribution in [0.3, 0.4) is 0 Å². The summed E-state index contributed by atoms with van der Waals surface area (Å²) in [5.74, 6) is 0.262. The number of aldehydes is 1. The average Bonchev–Trinajstić information content (AvgIpc) is 2.15. The first-order chi connectivity index (χ1) is 6.24. The van der Waals surface area contributed by atoms with Gasteiger partial charge in [0, 0.05) is 6.92 Å². The first-order valence-corrected chi connectivity index (χ1v) is 4.96. The number of amides is 1. The van der Waals surface area contributed by atoms with E-state index in [0.717, 1.165) is 19.1 Å². The summed E-state index contributed by atoms with van der Waals surface area (Å²) in [6, 6.07) is -0.252. The van der Waals surface area contributed by atoms with Crippen LogP contribution in [0.1, 0.15) is 39.0 Å². The minimum absolute atomic E-state index is 0.109. The maximum Gasteiger partial charge on any atom is 0.217 e. The Hall–Kier alpha value is -0.860. The van der Waals surface area contributed by atoms with Crippen molar-refractivity contribution in [3.63, 3.8) is 0 Å². The minimum atomic E-state index is -0.252. The number of rotatable bonds is 3. The summed E-state index contributed by atoms with van der Waals surface area (Å²) in [5, 5.41) is 2.69. The number of nitrogens with one attached hydrogen (secondary N) is 1. The molecule has 1 saturated carbocycles. The van der Waals surface area contributed by atoms with Gasteiger partial charge in [0.2, 0.25) is 5.91 Å². The molecule has 0 bridgehead atoms. The van der Waals surface area contributed by atoms with Gasteiger partial charge in [0.15, 0.2) is 0 Å². The van der Waals surface area contributed by atoms with E-state index in [9.17, 15) is 9.59 Å². The fraction of sp³-hybridized carbons (Fsp3) is 0.800. The predicted octanol–water partition coefficient (Wildman–Crippen LogP) is 1.27. The van der Waals surface area contributed by atoms with E-state index in [0.29, 0.717) is 5.92 Å². The lowest BCUT2D eigenvalue weighted by molar-refractivity contribution is -0.123. The highest BCUT2D eigenvalue weighted by Crippen LogP contribution is 2.25. The predicted molar refractivity (Wildman–Crippen MR) is 50.2 cm³/mol. The Morgan fingerprint density at radius 2 is 2.00 bits per heavy atom. The smallest absolute Gasteiger partial charge is 0.217 e. The van der Waals surface area contributed by atoms with Gasteiger partial charge in [0.05, 0.1) is 6.04 Å². The lowest BCUT2D eigenvalue weighted by atomic mass is 9.84. The highest BCUT2D eigenvalue weighted by atomic mass is 16.2. The van der Waals surface area contributed by atoms with Crippen LogP contribution in [0.15, 0.2) is 0 Å². The minimum Gasteiger partial charge on any atom is -0.347 e. The van der Waals surface area contributed by atoms with Gasteiger partial charge >= 0.3 is 0 Å². The van der Waals surface area contributed by atoms with E-state index in [4.69, 9.17) is 0 Å². The van der Waals surface area contributed by atoms with E-state index in [-0.39, 0.29) is 11.9 Å². The Labute approximate surface area is 78.9 Å². The normalized spacial score (nSPS) is 20.7. The highest BCUT2D eigenvalue weighted by Gasteiger charge is 2.23. The maximum absolute atomic E-state index is 10.8. The summed E-state index contributed by atoms with van der Waals surface area (Å²) in [4.78, 5) is 21.5. The summed E-state index contributed by atoms with van der Waals surface area (Å²) in [6.45, 7) is 1.46. The lowest BCUT2D eigenvalue weighted by Gasteiger charge is -2.26. The van der Waals surface area contributed by atoms with Crippen molar-refractivity contribution < 1.29 is 9.59 Å². The first kappa shape index (κ1) is 10.2. The third kappa shape index (κ3) is 3.17. The van der Waals surface area contributed by atoms with Crippen LogP contribution in [0.4, 0.5) is 0 Å². The van der Waals surface area contributed by atoms with Crippen LogP contribution in [-0.4, -0.2) is 18.2 Å².